The minimum absolute atomic E-state index is 0.0263. The fourth-order valence-electron chi connectivity index (χ4n) is 8.61. The zero-order valence-electron chi connectivity index (χ0n) is 32.5. The molecule has 2 heterocycles. The van der Waals surface area contributed by atoms with Crippen LogP contribution in [0.15, 0.2) is 91.1 Å². The average Bonchev–Trinajstić information content (AvgIpc) is 3.77. The fraction of sp³-hybridized carbons (Fsp3) is 0.255. The van der Waals surface area contributed by atoms with E-state index in [-0.39, 0.29) is 28.7 Å². The number of hydrogen-bond acceptors (Lipinski definition) is 5. The highest BCUT2D eigenvalue weighted by atomic mass is 19.4. The summed E-state index contributed by atoms with van der Waals surface area (Å²) in [5.74, 6) is 0.350. The number of aryl methyl sites for hydroxylation is 1. The van der Waals surface area contributed by atoms with E-state index in [1.54, 1.807) is 13.0 Å². The summed E-state index contributed by atoms with van der Waals surface area (Å²) in [6.07, 6.45) is -5.03. The molecule has 1 fully saturated rings. The third-order valence-electron chi connectivity index (χ3n) is 11.9. The number of carbonyl (C=O) groups is 1. The van der Waals surface area contributed by atoms with Gasteiger partial charge in [0, 0.05) is 37.0 Å². The highest BCUT2D eigenvalue weighted by molar-refractivity contribution is 5.95. The second-order valence-electron chi connectivity index (χ2n) is 15.6. The zero-order valence-corrected chi connectivity index (χ0v) is 32.5. The van der Waals surface area contributed by atoms with Crippen molar-refractivity contribution in [1.82, 2.24) is 9.97 Å². The first-order valence-electron chi connectivity index (χ1n) is 19.4. The van der Waals surface area contributed by atoms with Crippen molar-refractivity contribution in [2.75, 3.05) is 23.7 Å². The molecule has 5 aromatic carbocycles. The number of fused-ring (bicyclic) bond motifs is 6. The van der Waals surface area contributed by atoms with Crippen LogP contribution in [0.4, 0.5) is 38.0 Å². The van der Waals surface area contributed by atoms with Crippen molar-refractivity contribution in [2.45, 2.75) is 58.8 Å². The van der Waals surface area contributed by atoms with E-state index >= 15 is 0 Å². The van der Waals surface area contributed by atoms with Gasteiger partial charge in [-0.2, -0.15) is 26.3 Å². The standard InChI is InChI=1S/C29H19F6N.C18H21N3O2/c1-14-19(13-22-18-7-3-2-5-15(18)9-24(22)27(14)36)21-11-17(28(30,31)32)12-23-20(21)10-16-6-4-8-25(26(16)23)29(33,34)35;1-12-7-9-21(10-8-12)18-19-11-15(17(22)23)16(20-18)14-6-4-3-5-13(14)2/h2-8,11-13H,9-10,36H2,1H3;3-6,11-12H,7-10H2,1-2H3,(H,22,23). The third-order valence-corrected chi connectivity index (χ3v) is 11.9. The van der Waals surface area contributed by atoms with Gasteiger partial charge in [0.1, 0.15) is 5.56 Å². The van der Waals surface area contributed by atoms with Crippen molar-refractivity contribution in [3.05, 3.63) is 141 Å². The molecule has 0 amide bonds. The van der Waals surface area contributed by atoms with Gasteiger partial charge in [0.05, 0.1) is 16.8 Å². The van der Waals surface area contributed by atoms with Crippen LogP contribution in [0.3, 0.4) is 0 Å². The first-order chi connectivity index (χ1) is 28.0. The minimum Gasteiger partial charge on any atom is -0.478 e. The predicted octanol–water partition coefficient (Wildman–Crippen LogP) is 11.8. The molecule has 0 spiro atoms. The van der Waals surface area contributed by atoms with Crippen molar-refractivity contribution >= 4 is 17.6 Å². The number of nitrogens with two attached hydrogens (primary N) is 1. The summed E-state index contributed by atoms with van der Waals surface area (Å²) < 4.78 is 83.6. The number of rotatable bonds is 4. The van der Waals surface area contributed by atoms with Gasteiger partial charge in [-0.25, -0.2) is 14.8 Å². The first kappa shape index (κ1) is 39.6. The summed E-state index contributed by atoms with van der Waals surface area (Å²) in [6, 6.07) is 23.0. The Kier molecular flexibility index (Phi) is 10.0. The molecular formula is C47H40F6N4O2. The van der Waals surface area contributed by atoms with Gasteiger partial charge in [0.15, 0.2) is 0 Å². The summed E-state index contributed by atoms with van der Waals surface area (Å²) in [5.41, 5.74) is 13.4. The predicted molar refractivity (Wildman–Crippen MR) is 217 cm³/mol. The van der Waals surface area contributed by atoms with E-state index in [0.29, 0.717) is 46.0 Å². The quantitative estimate of drug-likeness (QED) is 0.136. The minimum atomic E-state index is -4.73. The molecule has 1 saturated heterocycles. The molecule has 1 aliphatic heterocycles. The smallest absolute Gasteiger partial charge is 0.417 e. The van der Waals surface area contributed by atoms with Gasteiger partial charge in [-0.1, -0.05) is 67.6 Å². The summed E-state index contributed by atoms with van der Waals surface area (Å²) in [7, 11) is 0. The van der Waals surface area contributed by atoms with E-state index in [9.17, 15) is 36.2 Å². The molecule has 2 aliphatic carbocycles. The first-order valence-corrected chi connectivity index (χ1v) is 19.4. The maximum atomic E-state index is 14.0. The third kappa shape index (κ3) is 7.29. The second-order valence-corrected chi connectivity index (χ2v) is 15.6. The summed E-state index contributed by atoms with van der Waals surface area (Å²) in [6.45, 7) is 7.81. The Bertz CT molecular complexity index is 2640. The molecule has 302 valence electrons. The van der Waals surface area contributed by atoms with Crippen LogP contribution in [0.1, 0.15) is 74.6 Å². The molecule has 0 saturated carbocycles. The number of anilines is 2. The van der Waals surface area contributed by atoms with Crippen LogP contribution >= 0.6 is 0 Å². The normalized spacial score (nSPS) is 14.6. The Hall–Kier alpha value is -6.17. The SMILES string of the molecule is Cc1c(-c2cc(C(F)(F)F)cc3c2Cc2cccc(C(F)(F)F)c2-3)cc2c(c1N)Cc1ccccc1-2.Cc1ccccc1-c1nc(N2CCC(C)CC2)ncc1C(=O)O. The van der Waals surface area contributed by atoms with Gasteiger partial charge in [-0.05, 0) is 130 Å². The maximum absolute atomic E-state index is 14.0. The molecule has 1 aromatic heterocycles. The van der Waals surface area contributed by atoms with Crippen LogP contribution in [0.25, 0.3) is 44.6 Å². The summed E-state index contributed by atoms with van der Waals surface area (Å²) in [5, 5.41) is 9.46. The Balaban J connectivity index is 0.000000182. The Morgan fingerprint density at radius 3 is 2.05 bits per heavy atom. The number of carboxylic acid groups (broad SMARTS) is 1. The van der Waals surface area contributed by atoms with Crippen LogP contribution < -0.4 is 10.6 Å². The van der Waals surface area contributed by atoms with Crippen LogP contribution in [0, 0.1) is 19.8 Å². The molecule has 12 heteroatoms. The van der Waals surface area contributed by atoms with Crippen molar-refractivity contribution in [1.29, 1.82) is 0 Å². The molecule has 0 radical (unpaired) electrons. The lowest BCUT2D eigenvalue weighted by Gasteiger charge is -2.30. The topological polar surface area (TPSA) is 92.3 Å². The molecule has 6 aromatic rings. The monoisotopic (exact) mass is 806 g/mol. The maximum Gasteiger partial charge on any atom is 0.417 e. The average molecular weight is 807 g/mol. The van der Waals surface area contributed by atoms with Gasteiger partial charge in [0.2, 0.25) is 5.95 Å². The molecule has 9 rings (SSSR count). The number of aromatic carboxylic acids is 1. The van der Waals surface area contributed by atoms with Gasteiger partial charge >= 0.3 is 18.3 Å². The fourth-order valence-corrected chi connectivity index (χ4v) is 8.61. The van der Waals surface area contributed by atoms with E-state index in [4.69, 9.17) is 5.73 Å². The van der Waals surface area contributed by atoms with Crippen molar-refractivity contribution < 1.29 is 36.2 Å². The number of alkyl halides is 6. The number of nitrogen functional groups attached to an aromatic ring is 1. The molecule has 6 nitrogen and oxygen atoms in total. The van der Waals surface area contributed by atoms with Crippen LogP contribution in [0.2, 0.25) is 0 Å². The van der Waals surface area contributed by atoms with Crippen LogP contribution in [-0.2, 0) is 25.2 Å². The number of benzene rings is 5. The van der Waals surface area contributed by atoms with Crippen molar-refractivity contribution in [3.63, 3.8) is 0 Å². The molecule has 59 heavy (non-hydrogen) atoms. The lowest BCUT2D eigenvalue weighted by Crippen LogP contribution is -2.34. The Morgan fingerprint density at radius 2 is 1.37 bits per heavy atom. The highest BCUT2D eigenvalue weighted by Gasteiger charge is 2.40. The largest absolute Gasteiger partial charge is 0.478 e. The number of halogens is 6. The molecule has 0 atom stereocenters. The molecule has 0 unspecified atom stereocenters. The van der Waals surface area contributed by atoms with E-state index in [2.05, 4.69) is 21.8 Å². The Morgan fingerprint density at radius 1 is 0.746 bits per heavy atom. The number of nitrogens with zero attached hydrogens (tertiary/aromatic N) is 3. The molecule has 0 bridgehead atoms. The number of carboxylic acids is 1. The zero-order chi connectivity index (χ0) is 42.0. The second kappa shape index (κ2) is 14.9. The molecule has 3 aliphatic rings. The number of piperidine rings is 1. The number of aromatic nitrogens is 2. The van der Waals surface area contributed by atoms with Crippen LogP contribution in [0.5, 0.6) is 0 Å². The molecule has 3 N–H and O–H groups in total. The van der Waals surface area contributed by atoms with Crippen LogP contribution in [-0.4, -0.2) is 34.1 Å². The van der Waals surface area contributed by atoms with E-state index < -0.39 is 29.4 Å². The lowest BCUT2D eigenvalue weighted by atomic mass is 9.87. The highest BCUT2D eigenvalue weighted by Crippen LogP contribution is 2.52. The number of hydrogen-bond donors (Lipinski definition) is 2. The van der Waals surface area contributed by atoms with E-state index in [1.807, 2.05) is 61.5 Å². The van der Waals surface area contributed by atoms with Crippen molar-refractivity contribution in [3.8, 4) is 44.6 Å². The summed E-state index contributed by atoms with van der Waals surface area (Å²) in [4.78, 5) is 22.6. The van der Waals surface area contributed by atoms with Gasteiger partial charge < -0.3 is 15.7 Å². The van der Waals surface area contributed by atoms with E-state index in [0.717, 1.165) is 83.4 Å². The van der Waals surface area contributed by atoms with E-state index in [1.165, 1.54) is 12.3 Å². The lowest BCUT2D eigenvalue weighted by molar-refractivity contribution is -0.137. The van der Waals surface area contributed by atoms with Gasteiger partial charge in [0.25, 0.3) is 0 Å². The van der Waals surface area contributed by atoms with Gasteiger partial charge in [-0.15, -0.1) is 0 Å². The van der Waals surface area contributed by atoms with Gasteiger partial charge in [-0.3, -0.25) is 0 Å². The summed E-state index contributed by atoms with van der Waals surface area (Å²) >= 11 is 0. The molecular weight excluding hydrogens is 767 g/mol. The Labute approximate surface area is 337 Å². The van der Waals surface area contributed by atoms with Crippen molar-refractivity contribution in [2.24, 2.45) is 5.92 Å².